The van der Waals surface area contributed by atoms with E-state index < -0.39 is 0 Å². The van der Waals surface area contributed by atoms with E-state index in [0.717, 1.165) is 17.0 Å². The molecule has 0 radical (unpaired) electrons. The fraction of sp³-hybridized carbons (Fsp3) is 0.312. The summed E-state index contributed by atoms with van der Waals surface area (Å²) in [7, 11) is 0. The lowest BCUT2D eigenvalue weighted by atomic mass is 9.93. The molecule has 20 heavy (non-hydrogen) atoms. The van der Waals surface area contributed by atoms with Gasteiger partial charge in [0.2, 0.25) is 0 Å². The molecule has 0 fully saturated rings. The van der Waals surface area contributed by atoms with E-state index >= 15 is 0 Å². The molecule has 0 spiro atoms. The highest BCUT2D eigenvalue weighted by Gasteiger charge is 2.25. The molecule has 0 amide bonds. The number of thiophene rings is 1. The minimum absolute atomic E-state index is 0.429. The second kappa shape index (κ2) is 4.35. The van der Waals surface area contributed by atoms with Crippen LogP contribution in [-0.4, -0.2) is 9.55 Å². The molecule has 2 aromatic heterocycles. The molecule has 1 aliphatic rings. The number of anilines is 1. The zero-order valence-electron chi connectivity index (χ0n) is 11.5. The molecule has 1 atom stereocenters. The molecule has 1 aromatic carbocycles. The maximum atomic E-state index is 5.87. The van der Waals surface area contributed by atoms with Crippen LogP contribution in [0.4, 0.5) is 5.69 Å². The lowest BCUT2D eigenvalue weighted by molar-refractivity contribution is 0.496. The third-order valence-electron chi connectivity index (χ3n) is 4.22. The fourth-order valence-electron chi connectivity index (χ4n) is 3.36. The topological polar surface area (TPSA) is 43.8 Å². The molecule has 0 saturated heterocycles. The first kappa shape index (κ1) is 12.0. The smallest absolute Gasteiger partial charge is 0.107 e. The van der Waals surface area contributed by atoms with Crippen molar-refractivity contribution in [3.05, 3.63) is 45.9 Å². The molecule has 0 bridgehead atoms. The average Bonchev–Trinajstić information content (AvgIpc) is 3.01. The van der Waals surface area contributed by atoms with Gasteiger partial charge in [0, 0.05) is 10.6 Å². The number of rotatable bonds is 1. The number of aryl methyl sites for hydroxylation is 2. The number of nitrogens with zero attached hydrogens (tertiary/aromatic N) is 2. The molecule has 3 nitrogen and oxygen atoms in total. The van der Waals surface area contributed by atoms with Crippen LogP contribution in [0, 0.1) is 6.92 Å². The molecule has 3 aromatic rings. The van der Waals surface area contributed by atoms with Gasteiger partial charge in [-0.1, -0.05) is 0 Å². The standard InChI is InChI=1S/C16H17N3S/c1-10-18-13-9-11(17)5-6-15(13)19(10)14-3-2-4-16-12(14)7-8-20-16/h5-9,14H,2-4,17H2,1H3. The maximum Gasteiger partial charge on any atom is 0.107 e. The number of nitrogen functional groups attached to an aromatic ring is 1. The van der Waals surface area contributed by atoms with Crippen LogP contribution in [-0.2, 0) is 6.42 Å². The summed E-state index contributed by atoms with van der Waals surface area (Å²) in [5, 5.41) is 2.22. The second-order valence-corrected chi connectivity index (χ2v) is 6.48. The van der Waals surface area contributed by atoms with E-state index in [-0.39, 0.29) is 0 Å². The highest BCUT2D eigenvalue weighted by atomic mass is 32.1. The first-order valence-electron chi connectivity index (χ1n) is 7.04. The Bertz CT molecular complexity index is 784. The largest absolute Gasteiger partial charge is 0.399 e. The van der Waals surface area contributed by atoms with Gasteiger partial charge in [-0.3, -0.25) is 0 Å². The van der Waals surface area contributed by atoms with Gasteiger partial charge >= 0.3 is 0 Å². The van der Waals surface area contributed by atoms with Crippen LogP contribution in [0.5, 0.6) is 0 Å². The van der Waals surface area contributed by atoms with Gasteiger partial charge in [0.05, 0.1) is 17.1 Å². The summed E-state index contributed by atoms with van der Waals surface area (Å²) < 4.78 is 2.39. The van der Waals surface area contributed by atoms with E-state index in [1.54, 1.807) is 0 Å². The van der Waals surface area contributed by atoms with E-state index in [4.69, 9.17) is 10.7 Å². The summed E-state index contributed by atoms with van der Waals surface area (Å²) >= 11 is 1.89. The highest BCUT2D eigenvalue weighted by molar-refractivity contribution is 7.10. The van der Waals surface area contributed by atoms with Crippen molar-refractivity contribution < 1.29 is 0 Å². The Morgan fingerprint density at radius 2 is 2.25 bits per heavy atom. The molecule has 1 unspecified atom stereocenters. The van der Waals surface area contributed by atoms with Crippen molar-refractivity contribution in [3.8, 4) is 0 Å². The van der Waals surface area contributed by atoms with Crippen LogP contribution in [0.15, 0.2) is 29.6 Å². The molecule has 1 aliphatic carbocycles. The first-order chi connectivity index (χ1) is 9.74. The molecular formula is C16H17N3S. The lowest BCUT2D eigenvalue weighted by Gasteiger charge is -2.25. The van der Waals surface area contributed by atoms with Gasteiger partial charge in [0.25, 0.3) is 0 Å². The minimum atomic E-state index is 0.429. The van der Waals surface area contributed by atoms with Gasteiger partial charge in [-0.15, -0.1) is 11.3 Å². The number of imidazole rings is 1. The van der Waals surface area contributed by atoms with Crippen LogP contribution in [0.3, 0.4) is 0 Å². The molecule has 102 valence electrons. The quantitative estimate of drug-likeness (QED) is 0.688. The summed E-state index contributed by atoms with van der Waals surface area (Å²) in [5.74, 6) is 1.08. The number of hydrogen-bond donors (Lipinski definition) is 1. The number of hydrogen-bond acceptors (Lipinski definition) is 3. The Hall–Kier alpha value is -1.81. The van der Waals surface area contributed by atoms with Crippen molar-refractivity contribution in [2.75, 3.05) is 5.73 Å². The van der Waals surface area contributed by atoms with Crippen molar-refractivity contribution in [1.82, 2.24) is 9.55 Å². The predicted molar refractivity (Wildman–Crippen MR) is 84.3 cm³/mol. The highest BCUT2D eigenvalue weighted by Crippen LogP contribution is 2.38. The number of aromatic nitrogens is 2. The molecular weight excluding hydrogens is 266 g/mol. The monoisotopic (exact) mass is 283 g/mol. The Balaban J connectivity index is 1.94. The lowest BCUT2D eigenvalue weighted by Crippen LogP contribution is -2.16. The van der Waals surface area contributed by atoms with Crippen LogP contribution in [0.25, 0.3) is 11.0 Å². The normalized spacial score (nSPS) is 18.4. The molecule has 2 N–H and O–H groups in total. The molecule has 4 rings (SSSR count). The van der Waals surface area contributed by atoms with Gasteiger partial charge in [0.1, 0.15) is 5.82 Å². The van der Waals surface area contributed by atoms with Gasteiger partial charge < -0.3 is 10.3 Å². The van der Waals surface area contributed by atoms with E-state index in [1.807, 2.05) is 23.5 Å². The number of benzene rings is 1. The third kappa shape index (κ3) is 1.68. The van der Waals surface area contributed by atoms with Crippen molar-refractivity contribution in [2.24, 2.45) is 0 Å². The Kier molecular flexibility index (Phi) is 2.60. The number of nitrogens with two attached hydrogens (primary N) is 1. The van der Waals surface area contributed by atoms with Crippen molar-refractivity contribution in [3.63, 3.8) is 0 Å². The summed E-state index contributed by atoms with van der Waals surface area (Å²) in [5.41, 5.74) is 10.3. The van der Waals surface area contributed by atoms with E-state index in [2.05, 4.69) is 29.0 Å². The van der Waals surface area contributed by atoms with E-state index in [0.29, 0.717) is 6.04 Å². The molecule has 2 heterocycles. The van der Waals surface area contributed by atoms with Crippen molar-refractivity contribution in [1.29, 1.82) is 0 Å². The summed E-state index contributed by atoms with van der Waals surface area (Å²) in [4.78, 5) is 6.23. The zero-order chi connectivity index (χ0) is 13.7. The van der Waals surface area contributed by atoms with E-state index in [1.165, 1.54) is 35.2 Å². The van der Waals surface area contributed by atoms with Crippen LogP contribution >= 0.6 is 11.3 Å². The predicted octanol–water partition coefficient (Wildman–Crippen LogP) is 3.91. The van der Waals surface area contributed by atoms with Crippen LogP contribution < -0.4 is 5.73 Å². The molecule has 4 heteroatoms. The summed E-state index contributed by atoms with van der Waals surface area (Å²) in [6, 6.07) is 8.75. The van der Waals surface area contributed by atoms with Gasteiger partial charge in [-0.2, -0.15) is 0 Å². The van der Waals surface area contributed by atoms with Crippen LogP contribution in [0.2, 0.25) is 0 Å². The Morgan fingerprint density at radius 1 is 1.35 bits per heavy atom. The minimum Gasteiger partial charge on any atom is -0.399 e. The van der Waals surface area contributed by atoms with Crippen LogP contribution in [0.1, 0.15) is 35.1 Å². The molecule has 0 saturated carbocycles. The summed E-state index contributed by atoms with van der Waals surface area (Å²) in [6.45, 7) is 2.09. The number of fused-ring (bicyclic) bond motifs is 2. The summed E-state index contributed by atoms with van der Waals surface area (Å²) in [6.07, 6.45) is 3.68. The van der Waals surface area contributed by atoms with Crippen molar-refractivity contribution in [2.45, 2.75) is 32.2 Å². The molecule has 0 aliphatic heterocycles. The zero-order valence-corrected chi connectivity index (χ0v) is 12.3. The average molecular weight is 283 g/mol. The Morgan fingerprint density at radius 3 is 3.15 bits per heavy atom. The fourth-order valence-corrected chi connectivity index (χ4v) is 4.34. The SMILES string of the molecule is Cc1nc2cc(N)ccc2n1C1CCCc2sccc21. The second-order valence-electron chi connectivity index (χ2n) is 5.48. The van der Waals surface area contributed by atoms with Crippen molar-refractivity contribution >= 4 is 28.1 Å². The van der Waals surface area contributed by atoms with Gasteiger partial charge in [0.15, 0.2) is 0 Å². The maximum absolute atomic E-state index is 5.87. The first-order valence-corrected chi connectivity index (χ1v) is 7.92. The van der Waals surface area contributed by atoms with Gasteiger partial charge in [-0.25, -0.2) is 4.98 Å². The van der Waals surface area contributed by atoms with Gasteiger partial charge in [-0.05, 0) is 61.4 Å². The van der Waals surface area contributed by atoms with E-state index in [9.17, 15) is 0 Å². The third-order valence-corrected chi connectivity index (χ3v) is 5.22. The Labute approximate surface area is 122 Å².